The van der Waals surface area contributed by atoms with Crippen LogP contribution in [0.2, 0.25) is 0 Å². The molecule has 16 heavy (non-hydrogen) atoms. The lowest BCUT2D eigenvalue weighted by atomic mass is 10.1. The minimum absolute atomic E-state index is 0.347. The maximum Gasteiger partial charge on any atom is 0.0230 e. The minimum Gasteiger partial charge on any atom is -0.328 e. The van der Waals surface area contributed by atoms with Crippen LogP contribution in [0.25, 0.3) is 0 Å². The summed E-state index contributed by atoms with van der Waals surface area (Å²) in [6, 6.07) is 11.0. The molecule has 0 saturated carbocycles. The van der Waals surface area contributed by atoms with E-state index in [0.29, 0.717) is 6.04 Å². The summed E-state index contributed by atoms with van der Waals surface area (Å²) in [6.07, 6.45) is 3.61. The van der Waals surface area contributed by atoms with E-state index in [1.807, 2.05) is 0 Å². The largest absolute Gasteiger partial charge is 0.328 e. The molecule has 2 N–H and O–H groups in total. The summed E-state index contributed by atoms with van der Waals surface area (Å²) in [7, 11) is 2.18. The molecule has 1 atom stereocenters. The SMILES string of the molecule is CC(N)CCCCN(C)Cc1ccccc1. The summed E-state index contributed by atoms with van der Waals surface area (Å²) < 4.78 is 0. The van der Waals surface area contributed by atoms with E-state index in [2.05, 4.69) is 49.2 Å². The second-order valence-electron chi connectivity index (χ2n) is 4.70. The third-order valence-electron chi connectivity index (χ3n) is 2.74. The molecule has 1 aromatic carbocycles. The van der Waals surface area contributed by atoms with Gasteiger partial charge in [-0.05, 0) is 38.9 Å². The predicted molar refractivity (Wildman–Crippen MR) is 70.3 cm³/mol. The van der Waals surface area contributed by atoms with Gasteiger partial charge in [0, 0.05) is 12.6 Å². The van der Waals surface area contributed by atoms with Crippen LogP contribution in [0.3, 0.4) is 0 Å². The Labute approximate surface area is 99.5 Å². The van der Waals surface area contributed by atoms with Crippen molar-refractivity contribution in [2.45, 2.75) is 38.8 Å². The predicted octanol–water partition coefficient (Wildman–Crippen LogP) is 2.64. The molecule has 2 heteroatoms. The first-order chi connectivity index (χ1) is 7.68. The quantitative estimate of drug-likeness (QED) is 0.716. The van der Waals surface area contributed by atoms with Crippen LogP contribution in [-0.2, 0) is 6.54 Å². The molecule has 0 aliphatic carbocycles. The van der Waals surface area contributed by atoms with Gasteiger partial charge in [0.05, 0.1) is 0 Å². The second-order valence-corrected chi connectivity index (χ2v) is 4.70. The Kier molecular flexibility index (Phi) is 6.12. The monoisotopic (exact) mass is 220 g/mol. The van der Waals surface area contributed by atoms with E-state index in [1.54, 1.807) is 0 Å². The third-order valence-corrected chi connectivity index (χ3v) is 2.74. The zero-order valence-corrected chi connectivity index (χ0v) is 10.5. The fourth-order valence-corrected chi connectivity index (χ4v) is 1.82. The van der Waals surface area contributed by atoms with Crippen molar-refractivity contribution in [1.82, 2.24) is 4.90 Å². The molecule has 0 spiro atoms. The van der Waals surface area contributed by atoms with Crippen molar-refractivity contribution in [2.24, 2.45) is 5.73 Å². The molecular formula is C14H24N2. The number of rotatable bonds is 7. The van der Waals surface area contributed by atoms with Crippen LogP contribution >= 0.6 is 0 Å². The molecule has 1 rings (SSSR count). The topological polar surface area (TPSA) is 29.3 Å². The fraction of sp³-hybridized carbons (Fsp3) is 0.571. The van der Waals surface area contributed by atoms with E-state index in [4.69, 9.17) is 5.73 Å². The Bertz CT molecular complexity index is 269. The Morgan fingerprint density at radius 3 is 2.50 bits per heavy atom. The van der Waals surface area contributed by atoms with E-state index in [9.17, 15) is 0 Å². The summed E-state index contributed by atoms with van der Waals surface area (Å²) in [6.45, 7) is 4.27. The Morgan fingerprint density at radius 1 is 1.19 bits per heavy atom. The highest BCUT2D eigenvalue weighted by molar-refractivity contribution is 5.14. The smallest absolute Gasteiger partial charge is 0.0230 e. The van der Waals surface area contributed by atoms with Gasteiger partial charge in [0.1, 0.15) is 0 Å². The minimum atomic E-state index is 0.347. The van der Waals surface area contributed by atoms with Gasteiger partial charge in [-0.15, -0.1) is 0 Å². The summed E-state index contributed by atoms with van der Waals surface area (Å²) in [5, 5.41) is 0. The Morgan fingerprint density at radius 2 is 1.88 bits per heavy atom. The molecule has 0 aromatic heterocycles. The number of hydrogen-bond donors (Lipinski definition) is 1. The van der Waals surface area contributed by atoms with Crippen LogP contribution in [0.1, 0.15) is 31.7 Å². The lowest BCUT2D eigenvalue weighted by Crippen LogP contribution is -2.20. The van der Waals surface area contributed by atoms with Gasteiger partial charge in [-0.3, -0.25) is 0 Å². The van der Waals surface area contributed by atoms with Crippen LogP contribution < -0.4 is 5.73 Å². The van der Waals surface area contributed by atoms with E-state index < -0.39 is 0 Å². The Hall–Kier alpha value is -0.860. The first kappa shape index (κ1) is 13.2. The third kappa shape index (κ3) is 5.89. The fourth-order valence-electron chi connectivity index (χ4n) is 1.82. The van der Waals surface area contributed by atoms with E-state index in [0.717, 1.165) is 19.5 Å². The van der Waals surface area contributed by atoms with Crippen molar-refractivity contribution >= 4 is 0 Å². The average molecular weight is 220 g/mol. The van der Waals surface area contributed by atoms with Crippen LogP contribution in [0.15, 0.2) is 30.3 Å². The molecular weight excluding hydrogens is 196 g/mol. The summed E-state index contributed by atoms with van der Waals surface area (Å²) >= 11 is 0. The van der Waals surface area contributed by atoms with Crippen LogP contribution in [-0.4, -0.2) is 24.5 Å². The molecule has 2 nitrogen and oxygen atoms in total. The van der Waals surface area contributed by atoms with E-state index in [1.165, 1.54) is 18.4 Å². The van der Waals surface area contributed by atoms with Crippen molar-refractivity contribution in [1.29, 1.82) is 0 Å². The van der Waals surface area contributed by atoms with Gasteiger partial charge in [-0.2, -0.15) is 0 Å². The molecule has 1 aromatic rings. The highest BCUT2D eigenvalue weighted by atomic mass is 15.1. The average Bonchev–Trinajstić information content (AvgIpc) is 2.25. The molecule has 0 aliphatic rings. The molecule has 0 heterocycles. The zero-order chi connectivity index (χ0) is 11.8. The lowest BCUT2D eigenvalue weighted by Gasteiger charge is -2.16. The standard InChI is InChI=1S/C14H24N2/c1-13(15)8-6-7-11-16(2)12-14-9-4-3-5-10-14/h3-5,9-10,13H,6-8,11-12,15H2,1-2H3. The molecule has 0 fully saturated rings. The maximum absolute atomic E-state index is 5.72. The zero-order valence-electron chi connectivity index (χ0n) is 10.5. The van der Waals surface area contributed by atoms with Gasteiger partial charge in [0.15, 0.2) is 0 Å². The van der Waals surface area contributed by atoms with Gasteiger partial charge < -0.3 is 10.6 Å². The molecule has 90 valence electrons. The normalized spacial score (nSPS) is 13.0. The Balaban J connectivity index is 2.14. The number of benzene rings is 1. The maximum atomic E-state index is 5.72. The van der Waals surface area contributed by atoms with Gasteiger partial charge in [0.25, 0.3) is 0 Å². The number of nitrogens with two attached hydrogens (primary N) is 1. The summed E-state index contributed by atoms with van der Waals surface area (Å²) in [4.78, 5) is 2.37. The van der Waals surface area contributed by atoms with Crippen molar-refractivity contribution < 1.29 is 0 Å². The van der Waals surface area contributed by atoms with Crippen LogP contribution in [0.4, 0.5) is 0 Å². The first-order valence-corrected chi connectivity index (χ1v) is 6.16. The van der Waals surface area contributed by atoms with E-state index in [-0.39, 0.29) is 0 Å². The molecule has 0 saturated heterocycles. The van der Waals surface area contributed by atoms with Gasteiger partial charge in [-0.25, -0.2) is 0 Å². The number of hydrogen-bond acceptors (Lipinski definition) is 2. The number of unbranched alkanes of at least 4 members (excludes halogenated alkanes) is 1. The molecule has 0 amide bonds. The molecule has 1 unspecified atom stereocenters. The summed E-state index contributed by atoms with van der Waals surface area (Å²) in [5.74, 6) is 0. The van der Waals surface area contributed by atoms with Gasteiger partial charge in [0.2, 0.25) is 0 Å². The van der Waals surface area contributed by atoms with Crippen molar-refractivity contribution in [3.63, 3.8) is 0 Å². The number of nitrogens with zero attached hydrogens (tertiary/aromatic N) is 1. The van der Waals surface area contributed by atoms with Gasteiger partial charge >= 0.3 is 0 Å². The van der Waals surface area contributed by atoms with Crippen molar-refractivity contribution in [3.8, 4) is 0 Å². The first-order valence-electron chi connectivity index (χ1n) is 6.16. The second kappa shape index (κ2) is 7.42. The van der Waals surface area contributed by atoms with Crippen molar-refractivity contribution in [2.75, 3.05) is 13.6 Å². The van der Waals surface area contributed by atoms with E-state index >= 15 is 0 Å². The highest BCUT2D eigenvalue weighted by Crippen LogP contribution is 2.05. The molecule has 0 radical (unpaired) electrons. The lowest BCUT2D eigenvalue weighted by molar-refractivity contribution is 0.316. The van der Waals surface area contributed by atoms with Gasteiger partial charge in [-0.1, -0.05) is 36.8 Å². The van der Waals surface area contributed by atoms with Crippen LogP contribution in [0.5, 0.6) is 0 Å². The highest BCUT2D eigenvalue weighted by Gasteiger charge is 2.00. The molecule has 0 aliphatic heterocycles. The summed E-state index contributed by atoms with van der Waals surface area (Å²) in [5.41, 5.74) is 7.11. The molecule has 0 bridgehead atoms. The van der Waals surface area contributed by atoms with Crippen LogP contribution in [0, 0.1) is 0 Å². The van der Waals surface area contributed by atoms with Crippen molar-refractivity contribution in [3.05, 3.63) is 35.9 Å².